The summed E-state index contributed by atoms with van der Waals surface area (Å²) in [5, 5.41) is 8.80. The quantitative estimate of drug-likeness (QED) is 0.736. The zero-order valence-electron chi connectivity index (χ0n) is 13.1. The molecule has 0 aliphatic heterocycles. The maximum absolute atomic E-state index is 13.9. The third-order valence-corrected chi connectivity index (χ3v) is 4.15. The first-order valence-corrected chi connectivity index (χ1v) is 7.36. The number of fused-ring (bicyclic) bond motifs is 1. The minimum Gasteiger partial charge on any atom is -0.457 e. The van der Waals surface area contributed by atoms with Crippen LogP contribution in [0.15, 0.2) is 30.3 Å². The number of rotatable bonds is 3. The Morgan fingerprint density at radius 3 is 2.37 bits per heavy atom. The zero-order chi connectivity index (χ0) is 20.1. The van der Waals surface area contributed by atoms with Crippen molar-refractivity contribution in [3.05, 3.63) is 58.4 Å². The van der Waals surface area contributed by atoms with Crippen LogP contribution in [-0.4, -0.2) is 5.92 Å². The topological polar surface area (TPSA) is 59.0 Å². The fraction of sp³-hybridized carbons (Fsp3) is 0.235. The van der Waals surface area contributed by atoms with E-state index >= 15 is 0 Å². The normalized spacial score (nSPS) is 19.6. The predicted molar refractivity (Wildman–Crippen MR) is 78.4 cm³/mol. The number of hydrogen-bond donors (Lipinski definition) is 1. The molecule has 0 saturated heterocycles. The Morgan fingerprint density at radius 2 is 1.78 bits per heavy atom. The van der Waals surface area contributed by atoms with E-state index in [1.54, 1.807) is 6.07 Å². The van der Waals surface area contributed by atoms with E-state index in [2.05, 4.69) is 0 Å². The number of alkyl halides is 6. The minimum absolute atomic E-state index is 0.195. The Morgan fingerprint density at radius 1 is 1.11 bits per heavy atom. The van der Waals surface area contributed by atoms with Crippen LogP contribution in [0, 0.1) is 17.1 Å². The van der Waals surface area contributed by atoms with Crippen LogP contribution in [-0.2, 0) is 5.92 Å². The van der Waals surface area contributed by atoms with Gasteiger partial charge in [-0.25, -0.2) is 13.2 Å². The highest BCUT2D eigenvalue weighted by Crippen LogP contribution is 2.59. The predicted octanol–water partition coefficient (Wildman–Crippen LogP) is 5.17. The second-order valence-electron chi connectivity index (χ2n) is 5.80. The molecule has 0 fully saturated rings. The third kappa shape index (κ3) is 2.78. The van der Waals surface area contributed by atoms with E-state index in [0.717, 1.165) is 18.2 Å². The van der Waals surface area contributed by atoms with E-state index in [-0.39, 0.29) is 5.56 Å². The highest BCUT2D eigenvalue weighted by atomic mass is 19.3. The lowest BCUT2D eigenvalue weighted by Gasteiger charge is -2.21. The number of ether oxygens (including phenoxy) is 1. The lowest BCUT2D eigenvalue weighted by Crippen LogP contribution is -2.40. The Bertz CT molecular complexity index is 953. The third-order valence-electron chi connectivity index (χ3n) is 4.15. The van der Waals surface area contributed by atoms with Crippen molar-refractivity contribution in [2.45, 2.75) is 24.3 Å². The van der Waals surface area contributed by atoms with E-state index in [0.29, 0.717) is 12.1 Å². The maximum atomic E-state index is 13.9. The molecule has 27 heavy (non-hydrogen) atoms. The van der Waals surface area contributed by atoms with Crippen LogP contribution in [0.1, 0.15) is 34.7 Å². The fourth-order valence-electron chi connectivity index (χ4n) is 2.91. The summed E-state index contributed by atoms with van der Waals surface area (Å²) in [6.07, 6.45) is -3.48. The number of halogens is 7. The molecule has 10 heteroatoms. The Labute approximate surface area is 147 Å². The van der Waals surface area contributed by atoms with E-state index in [9.17, 15) is 30.7 Å². The van der Waals surface area contributed by atoms with Crippen LogP contribution in [0.3, 0.4) is 0 Å². The smallest absolute Gasteiger partial charge is 0.337 e. The average molecular weight is 390 g/mol. The largest absolute Gasteiger partial charge is 0.457 e. The summed E-state index contributed by atoms with van der Waals surface area (Å²) in [6.45, 7) is 0. The number of hydrogen-bond acceptors (Lipinski definition) is 3. The van der Waals surface area contributed by atoms with E-state index in [1.807, 2.05) is 0 Å². The Kier molecular flexibility index (Phi) is 4.31. The molecule has 1 aliphatic carbocycles. The fourth-order valence-corrected chi connectivity index (χ4v) is 2.91. The van der Waals surface area contributed by atoms with Crippen LogP contribution >= 0.6 is 0 Å². The lowest BCUT2D eigenvalue weighted by molar-refractivity contribution is -0.214. The van der Waals surface area contributed by atoms with Gasteiger partial charge in [0.15, 0.2) is 0 Å². The van der Waals surface area contributed by atoms with Crippen molar-refractivity contribution in [1.29, 1.82) is 5.26 Å². The van der Waals surface area contributed by atoms with Crippen molar-refractivity contribution in [3.8, 4) is 17.6 Å². The molecule has 3 nitrogen and oxygen atoms in total. The molecule has 1 aliphatic rings. The van der Waals surface area contributed by atoms with Gasteiger partial charge in [0.25, 0.3) is 6.43 Å². The summed E-state index contributed by atoms with van der Waals surface area (Å²) in [7, 11) is 0. The monoisotopic (exact) mass is 390 g/mol. The van der Waals surface area contributed by atoms with Crippen LogP contribution in [0.4, 0.5) is 30.7 Å². The molecule has 1 atom stereocenters. The number of nitrogens with zero attached hydrogens (tertiary/aromatic N) is 1. The highest BCUT2D eigenvalue weighted by Gasteiger charge is 2.68. The van der Waals surface area contributed by atoms with Gasteiger partial charge in [0.2, 0.25) is 0 Å². The molecule has 142 valence electrons. The Hall–Kier alpha value is -2.80. The molecule has 1 unspecified atom stereocenters. The number of benzene rings is 2. The summed E-state index contributed by atoms with van der Waals surface area (Å²) in [6, 6.07) is 2.71. The van der Waals surface area contributed by atoms with Gasteiger partial charge >= 0.3 is 11.8 Å². The molecule has 0 radical (unpaired) electrons. The second kappa shape index (κ2) is 6.13. The van der Waals surface area contributed by atoms with Crippen LogP contribution in [0.2, 0.25) is 0 Å². The minimum atomic E-state index is -4.77. The first kappa shape index (κ1) is 19.0. The average Bonchev–Trinajstić information content (AvgIpc) is 2.71. The number of nitrogens with two attached hydrogens (primary N) is 1. The Balaban J connectivity index is 2.17. The van der Waals surface area contributed by atoms with Gasteiger partial charge in [0, 0.05) is 11.6 Å². The molecule has 2 N–H and O–H groups in total. The molecule has 0 aromatic heterocycles. The van der Waals surface area contributed by atoms with Crippen molar-refractivity contribution >= 4 is 0 Å². The summed E-state index contributed by atoms with van der Waals surface area (Å²) in [4.78, 5) is 0. The number of nitriles is 1. The van der Waals surface area contributed by atoms with Crippen LogP contribution in [0.25, 0.3) is 0 Å². The van der Waals surface area contributed by atoms with Crippen LogP contribution < -0.4 is 10.5 Å². The van der Waals surface area contributed by atoms with Crippen LogP contribution in [0.5, 0.6) is 11.5 Å². The molecule has 0 heterocycles. The van der Waals surface area contributed by atoms with Crippen molar-refractivity contribution < 1.29 is 35.5 Å². The summed E-state index contributed by atoms with van der Waals surface area (Å²) in [5.74, 6) is -11.6. The van der Waals surface area contributed by atoms with Crippen molar-refractivity contribution in [1.82, 2.24) is 0 Å². The van der Waals surface area contributed by atoms with Gasteiger partial charge in [0.1, 0.15) is 23.4 Å². The molecule has 2 aromatic carbocycles. The molecule has 0 spiro atoms. The highest BCUT2D eigenvalue weighted by molar-refractivity contribution is 5.55. The molecule has 0 saturated carbocycles. The summed E-state index contributed by atoms with van der Waals surface area (Å²) in [5.41, 5.74) is 1.28. The van der Waals surface area contributed by atoms with Gasteiger partial charge in [-0.05, 0) is 29.8 Å². The van der Waals surface area contributed by atoms with Gasteiger partial charge in [-0.1, -0.05) is 0 Å². The van der Waals surface area contributed by atoms with Gasteiger partial charge in [0.05, 0.1) is 17.2 Å². The molecular weight excluding hydrogens is 381 g/mol. The lowest BCUT2D eigenvalue weighted by atomic mass is 9.99. The SMILES string of the molecule is N#Cc1cc(F)cc(Oc2ccc3c(c2C(F)F)C(N)C(F)(F)C3(F)F)c1. The van der Waals surface area contributed by atoms with Crippen molar-refractivity contribution in [2.24, 2.45) is 5.73 Å². The van der Waals surface area contributed by atoms with Gasteiger partial charge in [-0.3, -0.25) is 0 Å². The molecule has 2 aromatic rings. The van der Waals surface area contributed by atoms with E-state index < -0.39 is 58.3 Å². The first-order chi connectivity index (χ1) is 12.5. The standard InChI is InChI=1S/C17H9F7N2O/c18-8-3-7(6-25)4-9(5-8)27-11-2-1-10-12(13(11)15(19)20)14(26)17(23,24)16(10,21)22/h1-5,14-15H,26H2. The van der Waals surface area contributed by atoms with Crippen molar-refractivity contribution in [2.75, 3.05) is 0 Å². The molecule has 0 bridgehead atoms. The van der Waals surface area contributed by atoms with Gasteiger partial charge < -0.3 is 10.5 Å². The molecule has 0 amide bonds. The van der Waals surface area contributed by atoms with Crippen molar-refractivity contribution in [3.63, 3.8) is 0 Å². The summed E-state index contributed by atoms with van der Waals surface area (Å²) >= 11 is 0. The maximum Gasteiger partial charge on any atom is 0.337 e. The zero-order valence-corrected chi connectivity index (χ0v) is 13.1. The van der Waals surface area contributed by atoms with E-state index in [1.165, 1.54) is 0 Å². The molecule has 3 rings (SSSR count). The first-order valence-electron chi connectivity index (χ1n) is 7.36. The molecular formula is C17H9F7N2O. The van der Waals surface area contributed by atoms with Gasteiger partial charge in [-0.2, -0.15) is 22.8 Å². The summed E-state index contributed by atoms with van der Waals surface area (Å²) < 4.78 is 101. The van der Waals surface area contributed by atoms with Gasteiger partial charge in [-0.15, -0.1) is 0 Å². The van der Waals surface area contributed by atoms with E-state index in [4.69, 9.17) is 15.7 Å². The second-order valence-corrected chi connectivity index (χ2v) is 5.80.